The van der Waals surface area contributed by atoms with Crippen LogP contribution in [-0.4, -0.2) is 19.8 Å². The van der Waals surface area contributed by atoms with Gasteiger partial charge < -0.3 is 4.74 Å². The molecular formula is C17H16Cl2N4O2. The van der Waals surface area contributed by atoms with Crippen molar-refractivity contribution in [3.8, 4) is 11.4 Å². The van der Waals surface area contributed by atoms with Gasteiger partial charge in [-0.05, 0) is 47.5 Å². The lowest BCUT2D eigenvalue weighted by molar-refractivity contribution is 0.305. The van der Waals surface area contributed by atoms with Crippen molar-refractivity contribution in [3.63, 3.8) is 0 Å². The largest absolute Gasteiger partial charge is 0.487 e. The van der Waals surface area contributed by atoms with Crippen LogP contribution in [0.15, 0.2) is 35.1 Å². The van der Waals surface area contributed by atoms with Gasteiger partial charge in [0.1, 0.15) is 12.4 Å². The minimum Gasteiger partial charge on any atom is -0.487 e. The van der Waals surface area contributed by atoms with Gasteiger partial charge in [0.05, 0.1) is 10.7 Å². The van der Waals surface area contributed by atoms with E-state index in [2.05, 4.69) is 10.4 Å². The minimum absolute atomic E-state index is 0.212. The quantitative estimate of drug-likeness (QED) is 0.697. The van der Waals surface area contributed by atoms with Crippen molar-refractivity contribution in [2.75, 3.05) is 0 Å². The Labute approximate surface area is 154 Å². The lowest BCUT2D eigenvalue weighted by Crippen LogP contribution is -2.23. The molecule has 0 fully saturated rings. The topological polar surface area (TPSA) is 61.9 Å². The van der Waals surface area contributed by atoms with Gasteiger partial charge in [0, 0.05) is 23.7 Å². The van der Waals surface area contributed by atoms with Crippen LogP contribution in [0.25, 0.3) is 5.69 Å². The summed E-state index contributed by atoms with van der Waals surface area (Å²) in [7, 11) is 1.55. The molecule has 8 heteroatoms. The summed E-state index contributed by atoms with van der Waals surface area (Å²) in [6.45, 7) is 4.02. The fourth-order valence-corrected chi connectivity index (χ4v) is 2.85. The highest BCUT2D eigenvalue weighted by molar-refractivity contribution is 6.34. The smallest absolute Gasteiger partial charge is 0.368 e. The third kappa shape index (κ3) is 3.41. The normalized spacial score (nSPS) is 10.9. The zero-order chi connectivity index (χ0) is 18.1. The van der Waals surface area contributed by atoms with E-state index < -0.39 is 0 Å². The number of hydrogen-bond acceptors (Lipinski definition) is 4. The minimum atomic E-state index is -0.330. The number of halogens is 2. The Kier molecular flexibility index (Phi) is 4.83. The molecule has 3 rings (SSSR count). The van der Waals surface area contributed by atoms with Gasteiger partial charge in [-0.3, -0.25) is 0 Å². The van der Waals surface area contributed by atoms with Crippen molar-refractivity contribution >= 4 is 23.2 Å². The van der Waals surface area contributed by atoms with Crippen LogP contribution in [-0.2, 0) is 13.7 Å². The van der Waals surface area contributed by atoms with Gasteiger partial charge in [-0.2, -0.15) is 9.36 Å². The highest BCUT2D eigenvalue weighted by Gasteiger charge is 2.14. The van der Waals surface area contributed by atoms with Crippen LogP contribution in [0, 0.1) is 13.8 Å². The Hall–Kier alpha value is -2.31. The Morgan fingerprint density at radius 2 is 1.84 bits per heavy atom. The molecule has 0 unspecified atom stereocenters. The average Bonchev–Trinajstić information content (AvgIpc) is 2.90. The highest BCUT2D eigenvalue weighted by atomic mass is 35.5. The second-order valence-corrected chi connectivity index (χ2v) is 6.50. The second kappa shape index (κ2) is 6.90. The molecule has 2 aromatic carbocycles. The SMILES string of the molecule is Cc1cc(Cl)c(OCc2c(C)cccc2-n2nnn(C)c2=O)cc1Cl. The molecule has 1 aromatic heterocycles. The molecule has 0 radical (unpaired) electrons. The molecule has 130 valence electrons. The van der Waals surface area contributed by atoms with Crippen molar-refractivity contribution in [2.24, 2.45) is 7.05 Å². The molecule has 0 spiro atoms. The molecule has 0 aliphatic rings. The van der Waals surface area contributed by atoms with E-state index in [1.807, 2.05) is 26.0 Å². The highest BCUT2D eigenvalue weighted by Crippen LogP contribution is 2.32. The molecule has 0 aliphatic carbocycles. The number of benzene rings is 2. The predicted octanol–water partition coefficient (Wildman–Crippen LogP) is 3.47. The van der Waals surface area contributed by atoms with E-state index in [1.165, 1.54) is 9.36 Å². The number of tetrazole rings is 1. The van der Waals surface area contributed by atoms with Gasteiger partial charge in [0.25, 0.3) is 0 Å². The van der Waals surface area contributed by atoms with Gasteiger partial charge in [-0.15, -0.1) is 0 Å². The van der Waals surface area contributed by atoms with E-state index in [-0.39, 0.29) is 12.3 Å². The fourth-order valence-electron chi connectivity index (χ4n) is 2.43. The summed E-state index contributed by atoms with van der Waals surface area (Å²) in [5, 5.41) is 8.71. The summed E-state index contributed by atoms with van der Waals surface area (Å²) < 4.78 is 8.28. The standard InChI is InChI=1S/C17H16Cl2N4O2/c1-10-5-4-6-15(23-17(24)22(3)20-21-23)12(10)9-25-16-8-13(18)11(2)7-14(16)19/h4-8H,9H2,1-3H3. The third-order valence-corrected chi connectivity index (χ3v) is 4.62. The van der Waals surface area contributed by atoms with Crippen molar-refractivity contribution in [1.82, 2.24) is 19.8 Å². The van der Waals surface area contributed by atoms with Crippen LogP contribution in [0.4, 0.5) is 0 Å². The monoisotopic (exact) mass is 378 g/mol. The number of hydrogen-bond donors (Lipinski definition) is 0. The van der Waals surface area contributed by atoms with E-state index >= 15 is 0 Å². The van der Waals surface area contributed by atoms with Gasteiger partial charge in [-0.1, -0.05) is 35.3 Å². The maximum atomic E-state index is 12.2. The summed E-state index contributed by atoms with van der Waals surface area (Å²) in [6, 6.07) is 9.03. The van der Waals surface area contributed by atoms with Crippen molar-refractivity contribution in [2.45, 2.75) is 20.5 Å². The summed E-state index contributed by atoms with van der Waals surface area (Å²) >= 11 is 12.4. The Bertz CT molecular complexity index is 995. The van der Waals surface area contributed by atoms with Crippen LogP contribution in [0.1, 0.15) is 16.7 Å². The summed E-state index contributed by atoms with van der Waals surface area (Å²) in [6.07, 6.45) is 0. The molecule has 6 nitrogen and oxygen atoms in total. The summed E-state index contributed by atoms with van der Waals surface area (Å²) in [5.74, 6) is 0.484. The summed E-state index contributed by atoms with van der Waals surface area (Å²) in [4.78, 5) is 12.2. The van der Waals surface area contributed by atoms with Crippen LogP contribution < -0.4 is 10.4 Å². The Balaban J connectivity index is 1.97. The van der Waals surface area contributed by atoms with Crippen LogP contribution in [0.5, 0.6) is 5.75 Å². The average molecular weight is 379 g/mol. The molecule has 0 atom stereocenters. The van der Waals surface area contributed by atoms with Crippen molar-refractivity contribution in [3.05, 3.63) is 67.6 Å². The lowest BCUT2D eigenvalue weighted by atomic mass is 10.1. The number of ether oxygens (including phenoxy) is 1. The molecule has 0 aliphatic heterocycles. The van der Waals surface area contributed by atoms with Crippen LogP contribution in [0.2, 0.25) is 10.0 Å². The molecular weight excluding hydrogens is 363 g/mol. The van der Waals surface area contributed by atoms with Gasteiger partial charge >= 0.3 is 5.69 Å². The van der Waals surface area contributed by atoms with E-state index in [0.29, 0.717) is 21.5 Å². The molecule has 25 heavy (non-hydrogen) atoms. The van der Waals surface area contributed by atoms with Crippen molar-refractivity contribution < 1.29 is 4.74 Å². The summed E-state index contributed by atoms with van der Waals surface area (Å²) in [5.41, 5.74) is 2.94. The Morgan fingerprint density at radius 3 is 2.52 bits per heavy atom. The zero-order valence-corrected chi connectivity index (χ0v) is 15.5. The molecule has 0 saturated heterocycles. The molecule has 0 amide bonds. The molecule has 0 bridgehead atoms. The third-order valence-electron chi connectivity index (χ3n) is 3.92. The maximum Gasteiger partial charge on any atom is 0.368 e. The van der Waals surface area contributed by atoms with E-state index in [0.717, 1.165) is 16.7 Å². The van der Waals surface area contributed by atoms with Gasteiger partial charge in [0.15, 0.2) is 0 Å². The first-order valence-electron chi connectivity index (χ1n) is 7.55. The first-order chi connectivity index (χ1) is 11.9. The molecule has 1 heterocycles. The van der Waals surface area contributed by atoms with Crippen LogP contribution in [0.3, 0.4) is 0 Å². The number of aromatic nitrogens is 4. The van der Waals surface area contributed by atoms with Crippen LogP contribution >= 0.6 is 23.2 Å². The molecule has 0 N–H and O–H groups in total. The fraction of sp³-hybridized carbons (Fsp3) is 0.235. The number of aryl methyl sites for hydroxylation is 3. The second-order valence-electron chi connectivity index (χ2n) is 5.69. The Morgan fingerprint density at radius 1 is 1.08 bits per heavy atom. The molecule has 0 saturated carbocycles. The number of nitrogens with zero attached hydrogens (tertiary/aromatic N) is 4. The first-order valence-corrected chi connectivity index (χ1v) is 8.30. The van der Waals surface area contributed by atoms with E-state index in [1.54, 1.807) is 25.2 Å². The number of rotatable bonds is 4. The van der Waals surface area contributed by atoms with Gasteiger partial charge in [0.2, 0.25) is 0 Å². The maximum absolute atomic E-state index is 12.2. The van der Waals surface area contributed by atoms with E-state index in [9.17, 15) is 4.79 Å². The molecule has 3 aromatic rings. The predicted molar refractivity (Wildman–Crippen MR) is 96.9 cm³/mol. The first kappa shape index (κ1) is 17.5. The lowest BCUT2D eigenvalue weighted by Gasteiger charge is -2.14. The van der Waals surface area contributed by atoms with Gasteiger partial charge in [-0.25, -0.2) is 4.79 Å². The zero-order valence-electron chi connectivity index (χ0n) is 14.0. The van der Waals surface area contributed by atoms with E-state index in [4.69, 9.17) is 27.9 Å². The van der Waals surface area contributed by atoms with Crippen molar-refractivity contribution in [1.29, 1.82) is 0 Å².